The fraction of sp³-hybridized carbons (Fsp3) is 0.600. The van der Waals surface area contributed by atoms with Gasteiger partial charge < -0.3 is 19.8 Å². The number of unbranched alkanes of at least 4 members (excludes halogenated alkanes) is 2. The molecule has 0 heterocycles. The molecule has 4 nitrogen and oxygen atoms in total. The van der Waals surface area contributed by atoms with Crippen molar-refractivity contribution in [2.45, 2.75) is 39.0 Å². The van der Waals surface area contributed by atoms with E-state index in [0.717, 1.165) is 0 Å². The molecule has 0 N–H and O–H groups in total. The molecule has 82 valence electrons. The van der Waals surface area contributed by atoms with Crippen LogP contribution in [0.1, 0.15) is 39.0 Å². The molecule has 0 atom stereocenters. The molecule has 0 radical (unpaired) electrons. The van der Waals surface area contributed by atoms with Crippen LogP contribution in [0, 0.1) is 0 Å². The number of hydrogen-bond donors (Lipinski definition) is 0. The van der Waals surface area contributed by atoms with Gasteiger partial charge in [0.05, 0.1) is 0 Å². The van der Waals surface area contributed by atoms with Crippen molar-refractivity contribution in [3.05, 3.63) is 12.7 Å². The van der Waals surface area contributed by atoms with Gasteiger partial charge in [-0.05, 0) is 32.6 Å². The van der Waals surface area contributed by atoms with E-state index in [4.69, 9.17) is 0 Å². The Kier molecular flexibility index (Phi) is 36.7. The predicted molar refractivity (Wildman–Crippen MR) is 49.0 cm³/mol. The second kappa shape index (κ2) is 22.2. The predicted octanol–water partition coefficient (Wildman–Crippen LogP) is -6.36. The Morgan fingerprint density at radius 3 is 1.44 bits per heavy atom. The second-order valence-corrected chi connectivity index (χ2v) is 2.71. The first-order chi connectivity index (χ1) is 6.54. The number of carbonyl (C=O) groups is 2. The van der Waals surface area contributed by atoms with Crippen LogP contribution in [0.3, 0.4) is 0 Å². The summed E-state index contributed by atoms with van der Waals surface area (Å²) < 4.78 is 0. The van der Waals surface area contributed by atoms with Crippen molar-refractivity contribution in [1.29, 1.82) is 0 Å². The maximum absolute atomic E-state index is 9.86. The average Bonchev–Trinajstić information content (AvgIpc) is 2.04. The van der Waals surface area contributed by atoms with Gasteiger partial charge >= 0.3 is 103 Å². The Bertz CT molecular complexity index is 168. The summed E-state index contributed by atoms with van der Waals surface area (Å²) in [5.74, 6) is -2.17. The Morgan fingerprint density at radius 1 is 1.00 bits per heavy atom. The van der Waals surface area contributed by atoms with E-state index in [1.54, 1.807) is 6.08 Å². The van der Waals surface area contributed by atoms with E-state index >= 15 is 0 Å². The van der Waals surface area contributed by atoms with Crippen LogP contribution in [-0.4, -0.2) is 11.9 Å². The van der Waals surface area contributed by atoms with E-state index < -0.39 is 11.9 Å². The van der Waals surface area contributed by atoms with Crippen molar-refractivity contribution in [2.75, 3.05) is 0 Å². The minimum atomic E-state index is -1.08. The van der Waals surface area contributed by atoms with Gasteiger partial charge in [-0.25, -0.2) is 0 Å². The van der Waals surface area contributed by atoms with Crippen LogP contribution in [0.15, 0.2) is 12.7 Å². The van der Waals surface area contributed by atoms with Crippen LogP contribution in [0.4, 0.5) is 0 Å². The summed E-state index contributed by atoms with van der Waals surface area (Å²) in [6.07, 6.45) is 3.33. The first-order valence-electron chi connectivity index (χ1n) is 4.51. The molecule has 0 aromatic heterocycles. The molecule has 0 aliphatic carbocycles. The minimum absolute atomic E-state index is 0. The molecule has 0 aromatic carbocycles. The smallest absolute Gasteiger partial charge is 0.550 e. The average molecular weight is 278 g/mol. The molecule has 0 spiro atoms. The topological polar surface area (TPSA) is 80.3 Å². The molecule has 0 amide bonds. The molecule has 0 rings (SSSR count). The fourth-order valence-corrected chi connectivity index (χ4v) is 0.715. The van der Waals surface area contributed by atoms with Crippen LogP contribution in [0.2, 0.25) is 0 Å². The van der Waals surface area contributed by atoms with E-state index in [1.807, 2.05) is 6.92 Å². The molecular formula is C10H16K2O4. The molecule has 0 fully saturated rings. The van der Waals surface area contributed by atoms with Crippen LogP contribution >= 0.6 is 0 Å². The quantitative estimate of drug-likeness (QED) is 0.275. The third-order valence-electron chi connectivity index (χ3n) is 1.26. The number of carbonyl (C=O) groups excluding carboxylic acids is 2. The summed E-state index contributed by atoms with van der Waals surface area (Å²) in [5, 5.41) is 19.7. The Balaban J connectivity index is -0.000000129. The summed E-state index contributed by atoms with van der Waals surface area (Å²) in [4.78, 5) is 19.7. The van der Waals surface area contributed by atoms with Crippen molar-refractivity contribution in [3.8, 4) is 0 Å². The first-order valence-corrected chi connectivity index (χ1v) is 4.51. The number of allylic oxidation sites excluding steroid dienone is 1. The zero-order valence-corrected chi connectivity index (χ0v) is 16.7. The third-order valence-corrected chi connectivity index (χ3v) is 1.26. The van der Waals surface area contributed by atoms with Crippen LogP contribution < -0.4 is 113 Å². The molecule has 6 heteroatoms. The maximum atomic E-state index is 9.86. The van der Waals surface area contributed by atoms with Crippen molar-refractivity contribution >= 4 is 11.9 Å². The molecule has 0 aromatic rings. The number of carboxylic acid groups (broad SMARTS) is 2. The fourth-order valence-electron chi connectivity index (χ4n) is 0.715. The number of rotatable bonds is 6. The maximum Gasteiger partial charge on any atom is 1.00 e. The van der Waals surface area contributed by atoms with Gasteiger partial charge in [-0.2, -0.15) is 0 Å². The van der Waals surface area contributed by atoms with Gasteiger partial charge in [0.25, 0.3) is 0 Å². The van der Waals surface area contributed by atoms with Crippen molar-refractivity contribution < 1.29 is 123 Å². The molecule has 0 saturated carbocycles. The molecular weight excluding hydrogens is 262 g/mol. The largest absolute Gasteiger partial charge is 1.00 e. The van der Waals surface area contributed by atoms with E-state index in [0.29, 0.717) is 19.3 Å². The number of carboxylic acids is 2. The van der Waals surface area contributed by atoms with E-state index in [2.05, 4.69) is 6.58 Å². The van der Waals surface area contributed by atoms with Crippen LogP contribution in [0.25, 0.3) is 0 Å². The van der Waals surface area contributed by atoms with Gasteiger partial charge in [-0.3, -0.25) is 0 Å². The Labute approximate surface area is 182 Å². The van der Waals surface area contributed by atoms with E-state index in [9.17, 15) is 19.8 Å². The van der Waals surface area contributed by atoms with Crippen LogP contribution in [0.5, 0.6) is 0 Å². The van der Waals surface area contributed by atoms with Crippen molar-refractivity contribution in [3.63, 3.8) is 0 Å². The molecule has 0 unspecified atom stereocenters. The standard InChI is InChI=1S/C7H12O4.C3H6.2K/c8-6(9)4-2-1-3-5-7(10)11;1-3-2;;/h1-5H2,(H,8,9)(H,10,11);3H,1H2,2H3;;/q;;2*+1/p-2. The Hall–Kier alpha value is 1.95. The monoisotopic (exact) mass is 278 g/mol. The summed E-state index contributed by atoms with van der Waals surface area (Å²) in [6.45, 7) is 5.25. The molecule has 16 heavy (non-hydrogen) atoms. The van der Waals surface area contributed by atoms with Gasteiger partial charge in [-0.1, -0.05) is 12.5 Å². The Morgan fingerprint density at radius 2 is 1.25 bits per heavy atom. The van der Waals surface area contributed by atoms with Gasteiger partial charge in [0, 0.05) is 11.9 Å². The van der Waals surface area contributed by atoms with Crippen molar-refractivity contribution in [2.24, 2.45) is 0 Å². The normalized spacial score (nSPS) is 7.31. The minimum Gasteiger partial charge on any atom is -0.550 e. The number of hydrogen-bond acceptors (Lipinski definition) is 4. The van der Waals surface area contributed by atoms with E-state index in [1.165, 1.54) is 0 Å². The second-order valence-electron chi connectivity index (χ2n) is 2.71. The summed E-state index contributed by atoms with van der Waals surface area (Å²) >= 11 is 0. The SMILES string of the molecule is C=CC.O=C([O-])CCCCCC(=O)[O-].[K+].[K+]. The molecule has 0 aliphatic rings. The zero-order chi connectivity index (χ0) is 11.4. The molecule has 0 saturated heterocycles. The van der Waals surface area contributed by atoms with Gasteiger partial charge in [0.2, 0.25) is 0 Å². The third kappa shape index (κ3) is 36.0. The van der Waals surface area contributed by atoms with Gasteiger partial charge in [0.15, 0.2) is 0 Å². The first kappa shape index (κ1) is 26.5. The van der Waals surface area contributed by atoms with E-state index in [-0.39, 0.29) is 116 Å². The van der Waals surface area contributed by atoms with Gasteiger partial charge in [-0.15, -0.1) is 6.58 Å². The summed E-state index contributed by atoms with van der Waals surface area (Å²) in [7, 11) is 0. The summed E-state index contributed by atoms with van der Waals surface area (Å²) in [6, 6.07) is 0. The molecule has 0 aliphatic heterocycles. The van der Waals surface area contributed by atoms with Crippen LogP contribution in [-0.2, 0) is 9.59 Å². The van der Waals surface area contributed by atoms with Crippen molar-refractivity contribution in [1.82, 2.24) is 0 Å². The van der Waals surface area contributed by atoms with Gasteiger partial charge in [0.1, 0.15) is 0 Å². The summed E-state index contributed by atoms with van der Waals surface area (Å²) in [5.41, 5.74) is 0. The molecule has 0 bridgehead atoms. The zero-order valence-electron chi connectivity index (χ0n) is 10.5. The number of aliphatic carboxylic acids is 2.